The van der Waals surface area contributed by atoms with Crippen molar-refractivity contribution in [3.8, 4) is 11.5 Å². The molecule has 1 aliphatic rings. The number of carbonyl (C=O) groups is 2. The predicted octanol–water partition coefficient (Wildman–Crippen LogP) is 3.32. The Hall–Kier alpha value is -2.80. The van der Waals surface area contributed by atoms with Gasteiger partial charge in [0.05, 0.1) is 18.9 Å². The Balaban J connectivity index is 1.88. The van der Waals surface area contributed by atoms with Crippen molar-refractivity contribution >= 4 is 39.5 Å². The van der Waals surface area contributed by atoms with E-state index in [2.05, 4.69) is 21.4 Å². The minimum atomic E-state index is -0.443. The molecule has 140 valence electrons. The standard InChI is InChI=1S/C20H19BrN2O4/c1-2-26-18-13-14(8-9-17(18)27-11-10-21)12-16-19(24)22-23(20(16)25)15-6-4-3-5-7-15/h3-9,12-13H,2,10-11H2,1H3,(H,22,24). The van der Waals surface area contributed by atoms with Gasteiger partial charge in [-0.05, 0) is 42.8 Å². The van der Waals surface area contributed by atoms with Gasteiger partial charge < -0.3 is 9.47 Å². The third-order valence-corrected chi connectivity index (χ3v) is 4.14. The molecule has 0 spiro atoms. The molecule has 1 heterocycles. The zero-order valence-corrected chi connectivity index (χ0v) is 16.4. The Kier molecular flexibility index (Phi) is 6.13. The quantitative estimate of drug-likeness (QED) is 0.415. The van der Waals surface area contributed by atoms with Crippen LogP contribution in [0.15, 0.2) is 54.1 Å². The SMILES string of the molecule is CCOc1cc(C=C2C(=O)NN(c3ccccc3)C2=O)ccc1OCCBr. The van der Waals surface area contributed by atoms with Crippen LogP contribution in [0.25, 0.3) is 6.08 Å². The maximum atomic E-state index is 12.7. The molecule has 0 atom stereocenters. The zero-order chi connectivity index (χ0) is 19.2. The summed E-state index contributed by atoms with van der Waals surface area (Å²) in [5.41, 5.74) is 3.93. The molecule has 27 heavy (non-hydrogen) atoms. The van der Waals surface area contributed by atoms with E-state index in [9.17, 15) is 9.59 Å². The highest BCUT2D eigenvalue weighted by molar-refractivity contribution is 9.09. The Labute approximate surface area is 165 Å². The second kappa shape index (κ2) is 8.73. The number of nitrogens with one attached hydrogen (secondary N) is 1. The number of hydrogen-bond acceptors (Lipinski definition) is 4. The topological polar surface area (TPSA) is 67.9 Å². The molecule has 7 heteroatoms. The number of benzene rings is 2. The van der Waals surface area contributed by atoms with Crippen molar-refractivity contribution in [2.45, 2.75) is 6.92 Å². The first kappa shape index (κ1) is 19.0. The lowest BCUT2D eigenvalue weighted by Crippen LogP contribution is -2.35. The molecule has 2 amide bonds. The summed E-state index contributed by atoms with van der Waals surface area (Å²) in [4.78, 5) is 24.9. The molecule has 1 fully saturated rings. The van der Waals surface area contributed by atoms with Crippen LogP contribution < -0.4 is 19.9 Å². The maximum Gasteiger partial charge on any atom is 0.282 e. The Morgan fingerprint density at radius 2 is 1.85 bits per heavy atom. The summed E-state index contributed by atoms with van der Waals surface area (Å²) in [7, 11) is 0. The fourth-order valence-electron chi connectivity index (χ4n) is 2.63. The number of para-hydroxylation sites is 1. The van der Waals surface area contributed by atoms with Gasteiger partial charge in [0.1, 0.15) is 5.57 Å². The molecule has 1 saturated heterocycles. The maximum absolute atomic E-state index is 12.7. The van der Waals surface area contributed by atoms with E-state index in [1.807, 2.05) is 13.0 Å². The van der Waals surface area contributed by atoms with E-state index in [1.165, 1.54) is 5.01 Å². The molecule has 2 aromatic rings. The highest BCUT2D eigenvalue weighted by Crippen LogP contribution is 2.30. The van der Waals surface area contributed by atoms with Crippen LogP contribution in [0.3, 0.4) is 0 Å². The normalized spacial score (nSPS) is 15.2. The van der Waals surface area contributed by atoms with Crippen molar-refractivity contribution in [2.75, 3.05) is 23.6 Å². The summed E-state index contributed by atoms with van der Waals surface area (Å²) < 4.78 is 11.3. The highest BCUT2D eigenvalue weighted by Gasteiger charge is 2.34. The van der Waals surface area contributed by atoms with Gasteiger partial charge in [0.15, 0.2) is 11.5 Å². The van der Waals surface area contributed by atoms with Crippen LogP contribution in [0.1, 0.15) is 12.5 Å². The fourth-order valence-corrected chi connectivity index (χ4v) is 2.80. The van der Waals surface area contributed by atoms with Crippen LogP contribution in [0.5, 0.6) is 11.5 Å². The second-order valence-electron chi connectivity index (χ2n) is 5.65. The van der Waals surface area contributed by atoms with E-state index in [0.717, 1.165) is 0 Å². The number of amides is 2. The first-order valence-electron chi connectivity index (χ1n) is 8.52. The van der Waals surface area contributed by atoms with Gasteiger partial charge >= 0.3 is 0 Å². The summed E-state index contributed by atoms with van der Waals surface area (Å²) in [6, 6.07) is 14.3. The van der Waals surface area contributed by atoms with Crippen LogP contribution in [0, 0.1) is 0 Å². The van der Waals surface area contributed by atoms with Crippen LogP contribution in [0.4, 0.5) is 5.69 Å². The molecule has 2 aromatic carbocycles. The molecule has 6 nitrogen and oxygen atoms in total. The van der Waals surface area contributed by atoms with E-state index >= 15 is 0 Å². The third kappa shape index (κ3) is 4.31. The van der Waals surface area contributed by atoms with Gasteiger partial charge in [-0.25, -0.2) is 5.01 Å². The average molecular weight is 431 g/mol. The fraction of sp³-hybridized carbons (Fsp3) is 0.200. The molecule has 0 aromatic heterocycles. The van der Waals surface area contributed by atoms with Crippen LogP contribution in [0.2, 0.25) is 0 Å². The highest BCUT2D eigenvalue weighted by atomic mass is 79.9. The van der Waals surface area contributed by atoms with Crippen LogP contribution >= 0.6 is 15.9 Å². The number of rotatable bonds is 7. The van der Waals surface area contributed by atoms with Crippen molar-refractivity contribution < 1.29 is 19.1 Å². The number of nitrogens with zero attached hydrogens (tertiary/aromatic N) is 1. The molecule has 0 aliphatic carbocycles. The summed E-state index contributed by atoms with van der Waals surface area (Å²) in [5.74, 6) is 0.343. The van der Waals surface area contributed by atoms with Gasteiger partial charge in [0, 0.05) is 5.33 Å². The van der Waals surface area contributed by atoms with Gasteiger partial charge in [-0.2, -0.15) is 0 Å². The molecule has 0 unspecified atom stereocenters. The molecule has 1 N–H and O–H groups in total. The first-order chi connectivity index (χ1) is 13.1. The molecular weight excluding hydrogens is 412 g/mol. The van der Waals surface area contributed by atoms with Gasteiger partial charge in [-0.3, -0.25) is 15.0 Å². The summed E-state index contributed by atoms with van der Waals surface area (Å²) in [6.45, 7) is 2.87. The van der Waals surface area contributed by atoms with Crippen molar-refractivity contribution in [3.63, 3.8) is 0 Å². The summed E-state index contributed by atoms with van der Waals surface area (Å²) in [5, 5.41) is 1.94. The van der Waals surface area contributed by atoms with Gasteiger partial charge in [-0.1, -0.05) is 40.2 Å². The largest absolute Gasteiger partial charge is 0.490 e. The van der Waals surface area contributed by atoms with E-state index in [1.54, 1.807) is 48.5 Å². The molecule has 0 saturated carbocycles. The average Bonchev–Trinajstić information content (AvgIpc) is 2.96. The second-order valence-corrected chi connectivity index (χ2v) is 6.44. The van der Waals surface area contributed by atoms with Gasteiger partial charge in [0.2, 0.25) is 0 Å². The molecule has 0 radical (unpaired) electrons. The van der Waals surface area contributed by atoms with E-state index in [0.29, 0.717) is 41.3 Å². The van der Waals surface area contributed by atoms with Crippen molar-refractivity contribution in [1.29, 1.82) is 0 Å². The van der Waals surface area contributed by atoms with Crippen molar-refractivity contribution in [1.82, 2.24) is 5.43 Å². The van der Waals surface area contributed by atoms with Crippen molar-refractivity contribution in [2.24, 2.45) is 0 Å². The predicted molar refractivity (Wildman–Crippen MR) is 107 cm³/mol. The minimum absolute atomic E-state index is 0.0652. The number of carbonyl (C=O) groups excluding carboxylic acids is 2. The number of ether oxygens (including phenoxy) is 2. The monoisotopic (exact) mass is 430 g/mol. The lowest BCUT2D eigenvalue weighted by molar-refractivity contribution is -0.117. The zero-order valence-electron chi connectivity index (χ0n) is 14.8. The van der Waals surface area contributed by atoms with Gasteiger partial charge in [-0.15, -0.1) is 0 Å². The van der Waals surface area contributed by atoms with Gasteiger partial charge in [0.25, 0.3) is 11.8 Å². The Morgan fingerprint density at radius 1 is 1.07 bits per heavy atom. The minimum Gasteiger partial charge on any atom is -0.490 e. The summed E-state index contributed by atoms with van der Waals surface area (Å²) >= 11 is 3.32. The molecule has 0 bridgehead atoms. The lowest BCUT2D eigenvalue weighted by Gasteiger charge is -2.14. The van der Waals surface area contributed by atoms with Crippen LogP contribution in [-0.2, 0) is 9.59 Å². The number of alkyl halides is 1. The third-order valence-electron chi connectivity index (χ3n) is 3.82. The first-order valence-corrected chi connectivity index (χ1v) is 9.64. The number of anilines is 1. The number of hydrazine groups is 1. The number of halogens is 1. The summed E-state index contributed by atoms with van der Waals surface area (Å²) in [6.07, 6.45) is 1.55. The van der Waals surface area contributed by atoms with E-state index in [-0.39, 0.29) is 5.57 Å². The molecule has 1 aliphatic heterocycles. The smallest absolute Gasteiger partial charge is 0.282 e. The Bertz CT molecular complexity index is 868. The van der Waals surface area contributed by atoms with Crippen molar-refractivity contribution in [3.05, 3.63) is 59.7 Å². The Morgan fingerprint density at radius 3 is 2.56 bits per heavy atom. The lowest BCUT2D eigenvalue weighted by atomic mass is 10.1. The molecule has 3 rings (SSSR count). The van der Waals surface area contributed by atoms with E-state index < -0.39 is 11.8 Å². The van der Waals surface area contributed by atoms with Crippen LogP contribution in [-0.4, -0.2) is 30.4 Å². The number of hydrogen-bond donors (Lipinski definition) is 1. The molecular formula is C20H19BrN2O4. The van der Waals surface area contributed by atoms with E-state index in [4.69, 9.17) is 9.47 Å².